The molecule has 0 spiro atoms. The highest BCUT2D eigenvalue weighted by atomic mass is 16.5. The van der Waals surface area contributed by atoms with Crippen molar-refractivity contribution in [3.63, 3.8) is 0 Å². The van der Waals surface area contributed by atoms with Crippen molar-refractivity contribution in [3.8, 4) is 0 Å². The van der Waals surface area contributed by atoms with E-state index >= 15 is 0 Å². The second-order valence-electron chi connectivity index (χ2n) is 3.07. The first-order valence-electron chi connectivity index (χ1n) is 4.33. The lowest BCUT2D eigenvalue weighted by molar-refractivity contribution is -0.134. The van der Waals surface area contributed by atoms with Crippen molar-refractivity contribution in [2.75, 3.05) is 7.11 Å². The molecular weight excluding hydrogens is 178 g/mol. The highest BCUT2D eigenvalue weighted by Crippen LogP contribution is 2.08. The van der Waals surface area contributed by atoms with Crippen LogP contribution in [-0.2, 0) is 9.53 Å². The number of rotatable bonds is 2. The van der Waals surface area contributed by atoms with Gasteiger partial charge in [-0.1, -0.05) is 6.07 Å². The van der Waals surface area contributed by atoms with E-state index < -0.39 is 0 Å². The summed E-state index contributed by atoms with van der Waals surface area (Å²) in [5.74, 6) is -0.369. The molecule has 3 heteroatoms. The molecule has 0 aromatic carbocycles. The first kappa shape index (κ1) is 10.4. The molecule has 0 saturated carbocycles. The molecule has 1 aromatic heterocycles. The van der Waals surface area contributed by atoms with Crippen molar-refractivity contribution in [2.24, 2.45) is 0 Å². The molecule has 1 aromatic rings. The van der Waals surface area contributed by atoms with Crippen LogP contribution >= 0.6 is 0 Å². The first-order chi connectivity index (χ1) is 6.63. The first-order valence-corrected chi connectivity index (χ1v) is 4.33. The van der Waals surface area contributed by atoms with Crippen LogP contribution in [0.15, 0.2) is 18.3 Å². The van der Waals surface area contributed by atoms with Crippen molar-refractivity contribution >= 4 is 12.0 Å². The Labute approximate surface area is 83.4 Å². The Bertz CT molecular complexity index is 370. The van der Waals surface area contributed by atoms with Crippen molar-refractivity contribution < 1.29 is 9.53 Å². The van der Waals surface area contributed by atoms with Gasteiger partial charge in [-0.15, -0.1) is 0 Å². The molecule has 0 aliphatic heterocycles. The highest BCUT2D eigenvalue weighted by molar-refractivity contribution is 5.86. The third kappa shape index (κ3) is 2.69. The average Bonchev–Trinajstić information content (AvgIpc) is 2.16. The fraction of sp³-hybridized carbons (Fsp3) is 0.273. The number of ether oxygens (including phenoxy) is 1. The van der Waals surface area contributed by atoms with Crippen molar-refractivity contribution in [1.29, 1.82) is 0 Å². The Morgan fingerprint density at radius 3 is 2.79 bits per heavy atom. The third-order valence-corrected chi connectivity index (χ3v) is 1.83. The Morgan fingerprint density at radius 2 is 2.21 bits per heavy atom. The zero-order chi connectivity index (χ0) is 10.6. The van der Waals surface area contributed by atoms with Crippen molar-refractivity contribution in [3.05, 3.63) is 35.2 Å². The molecule has 0 atom stereocenters. The van der Waals surface area contributed by atoms with Gasteiger partial charge in [-0.3, -0.25) is 4.98 Å². The Hall–Kier alpha value is -1.64. The molecule has 0 aliphatic rings. The molecule has 0 radical (unpaired) electrons. The molecule has 1 heterocycles. The number of carbonyl (C=O) groups is 1. The molecule has 0 N–H and O–H groups in total. The van der Waals surface area contributed by atoms with Gasteiger partial charge in [0.15, 0.2) is 0 Å². The smallest absolute Gasteiger partial charge is 0.330 e. The summed E-state index contributed by atoms with van der Waals surface area (Å²) < 4.78 is 4.48. The maximum Gasteiger partial charge on any atom is 0.330 e. The Morgan fingerprint density at radius 1 is 1.50 bits per heavy atom. The van der Waals surface area contributed by atoms with Gasteiger partial charge in [0.2, 0.25) is 0 Å². The van der Waals surface area contributed by atoms with Gasteiger partial charge in [-0.25, -0.2) is 4.79 Å². The number of hydrogen-bond acceptors (Lipinski definition) is 3. The predicted octanol–water partition coefficient (Wildman–Crippen LogP) is 1.88. The van der Waals surface area contributed by atoms with Crippen LogP contribution in [0.4, 0.5) is 0 Å². The van der Waals surface area contributed by atoms with Crippen LogP contribution < -0.4 is 0 Å². The molecule has 74 valence electrons. The number of pyridine rings is 1. The van der Waals surface area contributed by atoms with Crippen LogP contribution in [0.3, 0.4) is 0 Å². The van der Waals surface area contributed by atoms with E-state index in [-0.39, 0.29) is 5.97 Å². The van der Waals surface area contributed by atoms with Crippen LogP contribution in [0.1, 0.15) is 16.8 Å². The van der Waals surface area contributed by atoms with Gasteiger partial charge < -0.3 is 4.74 Å². The number of nitrogens with zero attached hydrogens (tertiary/aromatic N) is 1. The molecular formula is C11H13NO2. The van der Waals surface area contributed by atoms with Gasteiger partial charge in [0.25, 0.3) is 0 Å². The number of methoxy groups -OCH3 is 1. The minimum Gasteiger partial charge on any atom is -0.466 e. The topological polar surface area (TPSA) is 39.2 Å². The van der Waals surface area contributed by atoms with E-state index in [1.165, 1.54) is 13.2 Å². The van der Waals surface area contributed by atoms with E-state index in [1.807, 2.05) is 19.9 Å². The molecule has 14 heavy (non-hydrogen) atoms. The van der Waals surface area contributed by atoms with Gasteiger partial charge in [-0.05, 0) is 31.1 Å². The highest BCUT2D eigenvalue weighted by Gasteiger charge is 1.97. The lowest BCUT2D eigenvalue weighted by Crippen LogP contribution is -1.94. The minimum absolute atomic E-state index is 0.369. The zero-order valence-electron chi connectivity index (χ0n) is 8.57. The minimum atomic E-state index is -0.369. The number of aromatic nitrogens is 1. The van der Waals surface area contributed by atoms with Gasteiger partial charge in [0.05, 0.1) is 12.8 Å². The Balaban J connectivity index is 2.87. The summed E-state index contributed by atoms with van der Waals surface area (Å²) in [6, 6.07) is 2.02. The predicted molar refractivity (Wildman–Crippen MR) is 54.8 cm³/mol. The van der Waals surface area contributed by atoms with Crippen LogP contribution in [0.2, 0.25) is 0 Å². The molecule has 0 bridgehead atoms. The summed E-state index contributed by atoms with van der Waals surface area (Å²) in [6.45, 7) is 3.94. The monoisotopic (exact) mass is 191 g/mol. The summed E-state index contributed by atoms with van der Waals surface area (Å²) >= 11 is 0. The van der Waals surface area contributed by atoms with Crippen LogP contribution in [-0.4, -0.2) is 18.1 Å². The molecule has 0 saturated heterocycles. The van der Waals surface area contributed by atoms with E-state index in [9.17, 15) is 4.79 Å². The largest absolute Gasteiger partial charge is 0.466 e. The summed E-state index contributed by atoms with van der Waals surface area (Å²) in [5.41, 5.74) is 2.95. The number of carbonyl (C=O) groups excluding carboxylic acids is 1. The standard InChI is InChI=1S/C11H13NO2/c1-8-6-9(2)10(12-7-8)4-5-11(13)14-3/h4-7H,1-3H3. The van der Waals surface area contributed by atoms with Gasteiger partial charge in [0.1, 0.15) is 0 Å². The summed E-state index contributed by atoms with van der Waals surface area (Å²) in [6.07, 6.45) is 4.79. The van der Waals surface area contributed by atoms with E-state index in [4.69, 9.17) is 0 Å². The maximum atomic E-state index is 10.8. The summed E-state index contributed by atoms with van der Waals surface area (Å²) in [7, 11) is 1.35. The maximum absolute atomic E-state index is 10.8. The van der Waals surface area contributed by atoms with Crippen LogP contribution in [0, 0.1) is 13.8 Å². The lowest BCUT2D eigenvalue weighted by Gasteiger charge is -1.99. The van der Waals surface area contributed by atoms with Gasteiger partial charge in [-0.2, -0.15) is 0 Å². The number of aryl methyl sites for hydroxylation is 2. The molecule has 1 rings (SSSR count). The summed E-state index contributed by atoms with van der Waals surface area (Å²) in [5, 5.41) is 0. The quantitative estimate of drug-likeness (QED) is 0.529. The van der Waals surface area contributed by atoms with Gasteiger partial charge >= 0.3 is 5.97 Å². The van der Waals surface area contributed by atoms with Crippen LogP contribution in [0.25, 0.3) is 6.08 Å². The second kappa shape index (κ2) is 4.56. The van der Waals surface area contributed by atoms with Crippen molar-refractivity contribution in [1.82, 2.24) is 4.98 Å². The summed E-state index contributed by atoms with van der Waals surface area (Å²) in [4.78, 5) is 15.0. The molecule has 0 aliphatic carbocycles. The molecule has 0 fully saturated rings. The third-order valence-electron chi connectivity index (χ3n) is 1.83. The Kier molecular flexibility index (Phi) is 3.40. The average molecular weight is 191 g/mol. The van der Waals surface area contributed by atoms with E-state index in [0.717, 1.165) is 16.8 Å². The number of hydrogen-bond donors (Lipinski definition) is 0. The second-order valence-corrected chi connectivity index (χ2v) is 3.07. The normalized spacial score (nSPS) is 10.5. The van der Waals surface area contributed by atoms with Gasteiger partial charge in [0, 0.05) is 12.3 Å². The fourth-order valence-corrected chi connectivity index (χ4v) is 1.12. The fourth-order valence-electron chi connectivity index (χ4n) is 1.12. The zero-order valence-corrected chi connectivity index (χ0v) is 8.57. The van der Waals surface area contributed by atoms with E-state index in [0.29, 0.717) is 0 Å². The molecule has 0 amide bonds. The molecule has 0 unspecified atom stereocenters. The van der Waals surface area contributed by atoms with Crippen LogP contribution in [0.5, 0.6) is 0 Å². The SMILES string of the molecule is COC(=O)C=Cc1ncc(C)cc1C. The molecule has 3 nitrogen and oxygen atoms in total. The van der Waals surface area contributed by atoms with E-state index in [2.05, 4.69) is 9.72 Å². The van der Waals surface area contributed by atoms with Crippen molar-refractivity contribution in [2.45, 2.75) is 13.8 Å². The number of esters is 1. The van der Waals surface area contributed by atoms with E-state index in [1.54, 1.807) is 12.3 Å². The lowest BCUT2D eigenvalue weighted by atomic mass is 10.1.